The average molecular weight is 182 g/mol. The molecule has 1 rings (SSSR count). The Morgan fingerprint density at radius 2 is 1.58 bits per heavy atom. The first-order valence-corrected chi connectivity index (χ1v) is 7.02. The zero-order valence-electron chi connectivity index (χ0n) is 8.64. The molecule has 12 heavy (non-hydrogen) atoms. The topological polar surface area (TPSA) is 0 Å². The lowest BCUT2D eigenvalue weighted by Gasteiger charge is -2.27. The maximum absolute atomic E-state index is 2.34. The van der Waals surface area contributed by atoms with Crippen molar-refractivity contribution in [3.05, 3.63) is 29.3 Å². The van der Waals surface area contributed by atoms with Crippen LogP contribution in [-0.4, -0.2) is 18.8 Å². The van der Waals surface area contributed by atoms with Crippen LogP contribution in [0.15, 0.2) is 23.1 Å². The lowest BCUT2D eigenvalue weighted by molar-refractivity contribution is 1.25. The fourth-order valence-corrected chi connectivity index (χ4v) is 2.99. The summed E-state index contributed by atoms with van der Waals surface area (Å²) in [7, 11) is -0.550. The van der Waals surface area contributed by atoms with Gasteiger partial charge in [-0.1, -0.05) is 17.7 Å². The van der Waals surface area contributed by atoms with E-state index in [0.717, 1.165) is 0 Å². The normalized spacial score (nSPS) is 13.1. The summed E-state index contributed by atoms with van der Waals surface area (Å²) in [5, 5.41) is 0. The van der Waals surface area contributed by atoms with Gasteiger partial charge in [0, 0.05) is 0 Å². The van der Waals surface area contributed by atoms with Gasteiger partial charge < -0.3 is 0 Å². The van der Waals surface area contributed by atoms with Crippen LogP contribution < -0.4 is 0 Å². The smallest absolute Gasteiger partial charge is 0.00767 e. The molecule has 0 aromatic heterocycles. The highest BCUT2D eigenvalue weighted by molar-refractivity contribution is 8.32. The van der Waals surface area contributed by atoms with Gasteiger partial charge >= 0.3 is 0 Å². The summed E-state index contributed by atoms with van der Waals surface area (Å²) in [5.74, 6) is 0. The third-order valence-corrected chi connectivity index (χ3v) is 3.77. The van der Waals surface area contributed by atoms with Crippen molar-refractivity contribution in [1.29, 1.82) is 0 Å². The largest absolute Gasteiger partial charge is 0.223 e. The van der Waals surface area contributed by atoms with Crippen molar-refractivity contribution in [1.82, 2.24) is 0 Å². The van der Waals surface area contributed by atoms with Gasteiger partial charge in [0.15, 0.2) is 0 Å². The highest BCUT2D eigenvalue weighted by Gasteiger charge is 2.09. The predicted octanol–water partition coefficient (Wildman–Crippen LogP) is 3.36. The van der Waals surface area contributed by atoms with E-state index in [-0.39, 0.29) is 0 Å². The molecule has 0 saturated carbocycles. The van der Waals surface area contributed by atoms with Crippen LogP contribution in [0.5, 0.6) is 0 Å². The molecular weight excluding hydrogens is 164 g/mol. The lowest BCUT2D eigenvalue weighted by Crippen LogP contribution is -1.96. The second kappa shape index (κ2) is 3.14. The van der Waals surface area contributed by atoms with Crippen LogP contribution in [0.3, 0.4) is 0 Å². The third-order valence-electron chi connectivity index (χ3n) is 1.99. The quantitative estimate of drug-likeness (QED) is 0.625. The molecule has 0 atom stereocenters. The molecular formula is C11H18S. The molecule has 0 bridgehead atoms. The van der Waals surface area contributed by atoms with Gasteiger partial charge in [0.25, 0.3) is 0 Å². The summed E-state index contributed by atoms with van der Waals surface area (Å²) in [6.45, 7) is 4.36. The van der Waals surface area contributed by atoms with Gasteiger partial charge in [-0.3, -0.25) is 0 Å². The van der Waals surface area contributed by atoms with E-state index in [0.29, 0.717) is 0 Å². The van der Waals surface area contributed by atoms with Crippen molar-refractivity contribution in [2.24, 2.45) is 0 Å². The molecule has 0 aliphatic rings. The van der Waals surface area contributed by atoms with Gasteiger partial charge in [0.1, 0.15) is 0 Å². The van der Waals surface area contributed by atoms with Gasteiger partial charge in [-0.2, -0.15) is 0 Å². The zero-order chi connectivity index (χ0) is 9.35. The summed E-state index contributed by atoms with van der Waals surface area (Å²) in [5.41, 5.74) is 2.80. The van der Waals surface area contributed by atoms with Crippen LogP contribution in [0.1, 0.15) is 11.1 Å². The Kier molecular flexibility index (Phi) is 2.52. The minimum Gasteiger partial charge on any atom is -0.223 e. The predicted molar refractivity (Wildman–Crippen MR) is 59.5 cm³/mol. The fraction of sp³-hybridized carbons (Fsp3) is 0.455. The fourth-order valence-electron chi connectivity index (χ4n) is 1.49. The SMILES string of the molecule is Cc1ccc(S(C)(C)C)c(C)c1. The van der Waals surface area contributed by atoms with Crippen LogP contribution in [0.2, 0.25) is 0 Å². The van der Waals surface area contributed by atoms with E-state index in [2.05, 4.69) is 50.8 Å². The first-order valence-electron chi connectivity index (χ1n) is 4.17. The van der Waals surface area contributed by atoms with Crippen molar-refractivity contribution in [2.45, 2.75) is 18.7 Å². The summed E-state index contributed by atoms with van der Waals surface area (Å²) in [4.78, 5) is 1.54. The first-order chi connectivity index (χ1) is 5.41. The van der Waals surface area contributed by atoms with Crippen LogP contribution >= 0.6 is 10.0 Å². The van der Waals surface area contributed by atoms with Crippen molar-refractivity contribution in [2.75, 3.05) is 18.8 Å². The number of rotatable bonds is 1. The molecule has 0 aliphatic heterocycles. The molecule has 0 radical (unpaired) electrons. The summed E-state index contributed by atoms with van der Waals surface area (Å²) in [6.07, 6.45) is 7.01. The van der Waals surface area contributed by atoms with Crippen molar-refractivity contribution < 1.29 is 0 Å². The monoisotopic (exact) mass is 182 g/mol. The summed E-state index contributed by atoms with van der Waals surface area (Å²) >= 11 is 0. The number of hydrogen-bond donors (Lipinski definition) is 0. The maximum atomic E-state index is 2.34. The molecule has 1 aromatic carbocycles. The Morgan fingerprint density at radius 3 is 2.00 bits per heavy atom. The van der Waals surface area contributed by atoms with Gasteiger partial charge in [-0.05, 0) is 49.1 Å². The van der Waals surface area contributed by atoms with E-state index in [1.54, 1.807) is 0 Å². The van der Waals surface area contributed by atoms with Gasteiger partial charge in [0.2, 0.25) is 0 Å². The molecule has 0 fully saturated rings. The van der Waals surface area contributed by atoms with Gasteiger partial charge in [-0.25, -0.2) is 10.0 Å². The molecule has 0 spiro atoms. The number of hydrogen-bond acceptors (Lipinski definition) is 0. The van der Waals surface area contributed by atoms with E-state index >= 15 is 0 Å². The zero-order valence-corrected chi connectivity index (χ0v) is 9.46. The summed E-state index contributed by atoms with van der Waals surface area (Å²) < 4.78 is 0. The van der Waals surface area contributed by atoms with Crippen LogP contribution in [0, 0.1) is 13.8 Å². The molecule has 0 unspecified atom stereocenters. The Bertz CT molecular complexity index is 282. The van der Waals surface area contributed by atoms with Gasteiger partial charge in [0.05, 0.1) is 0 Å². The number of benzene rings is 1. The highest BCUT2D eigenvalue weighted by atomic mass is 32.3. The maximum Gasteiger partial charge on any atom is -0.00767 e. The van der Waals surface area contributed by atoms with E-state index in [9.17, 15) is 0 Å². The van der Waals surface area contributed by atoms with Crippen LogP contribution in [-0.2, 0) is 0 Å². The molecule has 0 nitrogen and oxygen atoms in total. The minimum atomic E-state index is -0.550. The second-order valence-corrected chi connectivity index (χ2v) is 8.22. The molecule has 0 saturated heterocycles. The standard InChI is InChI=1S/C11H18S/c1-9-6-7-11(10(2)8-9)12(3,4)5/h6-8H,1-5H3. The minimum absolute atomic E-state index is 0.550. The first kappa shape index (κ1) is 9.66. The highest BCUT2D eigenvalue weighted by Crippen LogP contribution is 2.46. The Hall–Kier alpha value is -0.430. The second-order valence-electron chi connectivity index (χ2n) is 4.11. The van der Waals surface area contributed by atoms with Crippen LogP contribution in [0.4, 0.5) is 0 Å². The molecule has 0 aliphatic carbocycles. The molecule has 0 heterocycles. The van der Waals surface area contributed by atoms with Crippen LogP contribution in [0.25, 0.3) is 0 Å². The molecule has 68 valence electrons. The lowest BCUT2D eigenvalue weighted by atomic mass is 10.2. The van der Waals surface area contributed by atoms with E-state index in [4.69, 9.17) is 0 Å². The Labute approximate surface area is 77.3 Å². The third kappa shape index (κ3) is 2.04. The van der Waals surface area contributed by atoms with Crippen molar-refractivity contribution in [3.63, 3.8) is 0 Å². The van der Waals surface area contributed by atoms with Gasteiger partial charge in [-0.15, -0.1) is 0 Å². The number of aryl methyl sites for hydroxylation is 2. The van der Waals surface area contributed by atoms with E-state index < -0.39 is 10.0 Å². The average Bonchev–Trinajstić information content (AvgIpc) is 1.83. The molecule has 0 amide bonds. The Balaban J connectivity index is 3.19. The van der Waals surface area contributed by atoms with E-state index in [1.807, 2.05) is 0 Å². The molecule has 0 N–H and O–H groups in total. The molecule has 1 aromatic rings. The Morgan fingerprint density at radius 1 is 1.00 bits per heavy atom. The van der Waals surface area contributed by atoms with Crippen molar-refractivity contribution >= 4 is 10.0 Å². The summed E-state index contributed by atoms with van der Waals surface area (Å²) in [6, 6.07) is 6.76. The van der Waals surface area contributed by atoms with Crippen molar-refractivity contribution in [3.8, 4) is 0 Å². The van der Waals surface area contributed by atoms with E-state index in [1.165, 1.54) is 16.0 Å². The molecule has 1 heteroatoms.